The summed E-state index contributed by atoms with van der Waals surface area (Å²) in [6.45, 7) is 0. The van der Waals surface area contributed by atoms with Crippen LogP contribution in [-0.2, 0) is 0 Å². The number of aliphatic hydroxyl groups is 1. The molecule has 2 aromatic carbocycles. The molecular formula is C28H29F2N5O3. The van der Waals surface area contributed by atoms with Gasteiger partial charge in [0.25, 0.3) is 5.91 Å². The number of H-pyrrole nitrogens is 1. The molecule has 1 aliphatic carbocycles. The lowest BCUT2D eigenvalue weighted by Crippen LogP contribution is -2.30. The summed E-state index contributed by atoms with van der Waals surface area (Å²) < 4.78 is 35.1. The van der Waals surface area contributed by atoms with Crippen LogP contribution in [-0.4, -0.2) is 64.4 Å². The van der Waals surface area contributed by atoms with Crippen LogP contribution < -0.4 is 10.1 Å². The highest BCUT2D eigenvalue weighted by Gasteiger charge is 2.25. The highest BCUT2D eigenvalue weighted by molar-refractivity contribution is 6.01. The molecule has 0 unspecified atom stereocenters. The van der Waals surface area contributed by atoms with Gasteiger partial charge in [0.15, 0.2) is 5.65 Å². The molecule has 8 nitrogen and oxygen atoms in total. The van der Waals surface area contributed by atoms with Gasteiger partial charge in [-0.1, -0.05) is 0 Å². The fraction of sp³-hybridized carbons (Fsp3) is 0.321. The summed E-state index contributed by atoms with van der Waals surface area (Å²) in [4.78, 5) is 18.9. The Morgan fingerprint density at radius 2 is 1.87 bits per heavy atom. The number of amides is 1. The number of aromatic nitrogens is 3. The van der Waals surface area contributed by atoms with Gasteiger partial charge in [0.1, 0.15) is 23.1 Å². The van der Waals surface area contributed by atoms with Crippen molar-refractivity contribution >= 4 is 22.6 Å². The van der Waals surface area contributed by atoms with E-state index in [1.807, 2.05) is 0 Å². The van der Waals surface area contributed by atoms with Crippen molar-refractivity contribution in [2.24, 2.45) is 0 Å². The zero-order valence-electron chi connectivity index (χ0n) is 21.4. The smallest absolute Gasteiger partial charge is 0.255 e. The van der Waals surface area contributed by atoms with Crippen molar-refractivity contribution in [3.63, 3.8) is 0 Å². The standard InChI is InChI=1S/C28H29F2N5O3/c1-35(2)28(37)22-10-15(12-23(30)26(22)32-18-5-7-19(36)8-6-18)16-11-21-25(33-34-27(21)31-14-16)20-13-17(29)4-9-24(20)38-3/h4,9-14,18-19,32,36H,5-8H2,1-3H3,(H,31,33,34)/t18-,19-. The van der Waals surface area contributed by atoms with Crippen molar-refractivity contribution < 1.29 is 23.4 Å². The predicted octanol–water partition coefficient (Wildman–Crippen LogP) is 5.00. The fourth-order valence-electron chi connectivity index (χ4n) is 4.89. The predicted molar refractivity (Wildman–Crippen MR) is 141 cm³/mol. The Kier molecular flexibility index (Phi) is 6.98. The third-order valence-electron chi connectivity index (χ3n) is 6.94. The second-order valence-corrected chi connectivity index (χ2v) is 9.77. The molecule has 198 valence electrons. The molecule has 1 amide bonds. The molecule has 0 spiro atoms. The Bertz CT molecular complexity index is 1500. The van der Waals surface area contributed by atoms with Gasteiger partial charge in [-0.2, -0.15) is 5.10 Å². The quantitative estimate of drug-likeness (QED) is 0.330. The van der Waals surface area contributed by atoms with E-state index >= 15 is 4.39 Å². The minimum Gasteiger partial charge on any atom is -0.496 e. The van der Waals surface area contributed by atoms with Crippen molar-refractivity contribution in [1.82, 2.24) is 20.1 Å². The number of methoxy groups -OCH3 is 1. The molecule has 0 radical (unpaired) electrons. The summed E-state index contributed by atoms with van der Waals surface area (Å²) in [6, 6.07) is 8.92. The van der Waals surface area contributed by atoms with Crippen LogP contribution >= 0.6 is 0 Å². The van der Waals surface area contributed by atoms with E-state index in [0.29, 0.717) is 64.9 Å². The van der Waals surface area contributed by atoms with Gasteiger partial charge in [0, 0.05) is 42.8 Å². The van der Waals surface area contributed by atoms with Gasteiger partial charge in [-0.3, -0.25) is 9.89 Å². The van der Waals surface area contributed by atoms with Crippen molar-refractivity contribution in [1.29, 1.82) is 0 Å². The molecule has 3 N–H and O–H groups in total. The number of aliphatic hydroxyl groups excluding tert-OH is 1. The number of nitrogens with zero attached hydrogens (tertiary/aromatic N) is 3. The normalized spacial score (nSPS) is 17.4. The average molecular weight is 522 g/mol. The first-order valence-electron chi connectivity index (χ1n) is 12.4. The SMILES string of the molecule is COc1ccc(F)cc1-c1n[nH]c2ncc(-c3cc(F)c(N[C@H]4CC[C@H](O)CC4)c(C(=O)N(C)C)c3)cc12. The maximum Gasteiger partial charge on any atom is 0.255 e. The van der Waals surface area contributed by atoms with E-state index < -0.39 is 11.6 Å². The molecule has 4 aromatic rings. The van der Waals surface area contributed by atoms with E-state index in [-0.39, 0.29) is 29.3 Å². The lowest BCUT2D eigenvalue weighted by molar-refractivity contribution is 0.0827. The minimum absolute atomic E-state index is 0.0415. The van der Waals surface area contributed by atoms with Crippen LogP contribution in [0.25, 0.3) is 33.4 Å². The van der Waals surface area contributed by atoms with Crippen LogP contribution in [0.1, 0.15) is 36.0 Å². The van der Waals surface area contributed by atoms with Gasteiger partial charge in [-0.05, 0) is 67.6 Å². The number of aromatic amines is 1. The molecule has 0 aliphatic heterocycles. The summed E-state index contributed by atoms with van der Waals surface area (Å²) in [7, 11) is 4.73. The number of carbonyl (C=O) groups is 1. The van der Waals surface area contributed by atoms with Gasteiger partial charge in [0.05, 0.1) is 24.5 Å². The van der Waals surface area contributed by atoms with E-state index in [4.69, 9.17) is 4.74 Å². The largest absolute Gasteiger partial charge is 0.496 e. The third kappa shape index (κ3) is 4.91. The molecule has 1 fully saturated rings. The highest BCUT2D eigenvalue weighted by atomic mass is 19.1. The van der Waals surface area contributed by atoms with Gasteiger partial charge in [0.2, 0.25) is 0 Å². The van der Waals surface area contributed by atoms with Crippen molar-refractivity contribution in [3.8, 4) is 28.1 Å². The number of anilines is 1. The maximum atomic E-state index is 15.6. The van der Waals surface area contributed by atoms with Crippen LogP contribution in [0.15, 0.2) is 42.6 Å². The monoisotopic (exact) mass is 521 g/mol. The van der Waals surface area contributed by atoms with E-state index in [1.165, 1.54) is 36.3 Å². The van der Waals surface area contributed by atoms with Crippen LogP contribution in [0, 0.1) is 11.6 Å². The van der Waals surface area contributed by atoms with Crippen LogP contribution in [0.2, 0.25) is 0 Å². The minimum atomic E-state index is -0.557. The summed E-state index contributed by atoms with van der Waals surface area (Å²) >= 11 is 0. The maximum absolute atomic E-state index is 15.6. The first kappa shape index (κ1) is 25.6. The first-order valence-corrected chi connectivity index (χ1v) is 12.4. The Balaban J connectivity index is 1.58. The van der Waals surface area contributed by atoms with Gasteiger partial charge in [-0.15, -0.1) is 0 Å². The molecule has 0 atom stereocenters. The van der Waals surface area contributed by atoms with Crippen LogP contribution in [0.5, 0.6) is 5.75 Å². The van der Waals surface area contributed by atoms with Crippen LogP contribution in [0.3, 0.4) is 0 Å². The molecule has 0 saturated heterocycles. The van der Waals surface area contributed by atoms with Gasteiger partial charge >= 0.3 is 0 Å². The Hall–Kier alpha value is -4.05. The molecule has 1 aliphatic rings. The number of carbonyl (C=O) groups excluding carboxylic acids is 1. The number of rotatable bonds is 6. The Morgan fingerprint density at radius 3 is 2.58 bits per heavy atom. The fourth-order valence-corrected chi connectivity index (χ4v) is 4.89. The zero-order chi connectivity index (χ0) is 27.0. The summed E-state index contributed by atoms with van der Waals surface area (Å²) in [6.07, 6.45) is 3.86. The number of halogens is 2. The van der Waals surface area contributed by atoms with Crippen molar-refractivity contribution in [3.05, 3.63) is 59.8 Å². The lowest BCUT2D eigenvalue weighted by atomic mass is 9.92. The molecule has 5 rings (SSSR count). The number of benzene rings is 2. The summed E-state index contributed by atoms with van der Waals surface area (Å²) in [5.74, 6) is -0.893. The number of fused-ring (bicyclic) bond motifs is 1. The lowest BCUT2D eigenvalue weighted by Gasteiger charge is -2.28. The molecule has 10 heteroatoms. The summed E-state index contributed by atoms with van der Waals surface area (Å²) in [5.41, 5.74) is 2.74. The molecule has 2 aromatic heterocycles. The number of ether oxygens (including phenoxy) is 1. The molecular weight excluding hydrogens is 492 g/mol. The first-order chi connectivity index (χ1) is 18.2. The second-order valence-electron chi connectivity index (χ2n) is 9.77. The van der Waals surface area contributed by atoms with Crippen LogP contribution in [0.4, 0.5) is 14.5 Å². The van der Waals surface area contributed by atoms with Gasteiger partial charge < -0.3 is 20.1 Å². The van der Waals surface area contributed by atoms with Crippen molar-refractivity contribution in [2.45, 2.75) is 37.8 Å². The van der Waals surface area contributed by atoms with Crippen molar-refractivity contribution in [2.75, 3.05) is 26.5 Å². The number of nitrogens with one attached hydrogen (secondary N) is 2. The number of hydrogen-bond acceptors (Lipinski definition) is 6. The topological polar surface area (TPSA) is 103 Å². The molecule has 2 heterocycles. The highest BCUT2D eigenvalue weighted by Crippen LogP contribution is 2.36. The zero-order valence-corrected chi connectivity index (χ0v) is 21.4. The Morgan fingerprint density at radius 1 is 1.11 bits per heavy atom. The number of pyridine rings is 1. The average Bonchev–Trinajstić information content (AvgIpc) is 3.33. The van der Waals surface area contributed by atoms with E-state index in [0.717, 1.165) is 0 Å². The van der Waals surface area contributed by atoms with E-state index in [2.05, 4.69) is 20.5 Å². The molecule has 1 saturated carbocycles. The van der Waals surface area contributed by atoms with E-state index in [1.54, 1.807) is 32.4 Å². The number of hydrogen-bond donors (Lipinski definition) is 3. The van der Waals surface area contributed by atoms with Gasteiger partial charge in [-0.25, -0.2) is 13.8 Å². The molecule has 38 heavy (non-hydrogen) atoms. The second kappa shape index (κ2) is 10.4. The molecule has 0 bridgehead atoms. The Labute approximate surface area is 218 Å². The third-order valence-corrected chi connectivity index (χ3v) is 6.94. The summed E-state index contributed by atoms with van der Waals surface area (Å²) in [5, 5.41) is 20.8. The van der Waals surface area contributed by atoms with E-state index in [9.17, 15) is 14.3 Å².